The number of carbonyl (C=O) groups is 2. The van der Waals surface area contributed by atoms with Crippen molar-refractivity contribution in [2.75, 3.05) is 5.32 Å². The molecule has 0 saturated heterocycles. The first-order valence-corrected chi connectivity index (χ1v) is 9.79. The Balaban J connectivity index is 1.80. The monoisotopic (exact) mass is 495 g/mol. The average molecular weight is 496 g/mol. The molecule has 2 N–H and O–H groups in total. The molecule has 34 heavy (non-hydrogen) atoms. The lowest BCUT2D eigenvalue weighted by atomic mass is 10.0. The number of carbonyl (C=O) groups excluding carboxylic acids is 2. The molecule has 0 spiro atoms. The predicted octanol–water partition coefficient (Wildman–Crippen LogP) is 4.18. The van der Waals surface area contributed by atoms with Crippen LogP contribution in [0, 0.1) is 23.0 Å². The van der Waals surface area contributed by atoms with Gasteiger partial charge in [-0.1, -0.05) is 11.6 Å². The minimum atomic E-state index is -4.90. The Morgan fingerprint density at radius 2 is 1.94 bits per heavy atom. The Bertz CT molecular complexity index is 1380. The van der Waals surface area contributed by atoms with Gasteiger partial charge in [-0.3, -0.25) is 9.59 Å². The third-order valence-corrected chi connectivity index (χ3v) is 5.32. The van der Waals surface area contributed by atoms with Crippen molar-refractivity contribution in [1.82, 2.24) is 14.9 Å². The first-order chi connectivity index (χ1) is 16.0. The van der Waals surface area contributed by atoms with Gasteiger partial charge in [0, 0.05) is 16.1 Å². The number of hydrogen-bond donors (Lipinski definition) is 2. The number of halogens is 6. The summed E-state index contributed by atoms with van der Waals surface area (Å²) in [7, 11) is 0. The van der Waals surface area contributed by atoms with Gasteiger partial charge in [0.1, 0.15) is 24.2 Å². The molecule has 0 saturated carbocycles. The molecule has 1 aliphatic heterocycles. The topological polar surface area (TPSA) is 99.8 Å². The van der Waals surface area contributed by atoms with Gasteiger partial charge in [-0.05, 0) is 36.4 Å². The van der Waals surface area contributed by atoms with Crippen molar-refractivity contribution in [2.24, 2.45) is 0 Å². The van der Waals surface area contributed by atoms with Crippen LogP contribution in [0.5, 0.6) is 0 Å². The van der Waals surface area contributed by atoms with E-state index in [4.69, 9.17) is 11.6 Å². The van der Waals surface area contributed by atoms with Gasteiger partial charge in [0.05, 0.1) is 17.3 Å². The molecule has 174 valence electrons. The van der Waals surface area contributed by atoms with Gasteiger partial charge in [0.2, 0.25) is 11.7 Å². The molecule has 0 unspecified atom stereocenters. The first-order valence-electron chi connectivity index (χ1n) is 9.42. The molecule has 7 nitrogen and oxygen atoms in total. The van der Waals surface area contributed by atoms with E-state index in [2.05, 4.69) is 15.6 Å². The fraction of sp³-hybridized carbons (Fsp3) is 0.143. The third kappa shape index (κ3) is 4.29. The van der Waals surface area contributed by atoms with Gasteiger partial charge < -0.3 is 15.2 Å². The van der Waals surface area contributed by atoms with Crippen LogP contribution < -0.4 is 10.6 Å². The normalized spacial score (nSPS) is 15.3. The number of nitriles is 1. The van der Waals surface area contributed by atoms with Crippen LogP contribution in [-0.4, -0.2) is 21.4 Å². The molecule has 0 fully saturated rings. The molecular formula is C21H11ClF5N5O2. The molecule has 0 aliphatic carbocycles. The second kappa shape index (κ2) is 8.42. The number of fused-ring (bicyclic) bond motifs is 1. The van der Waals surface area contributed by atoms with Gasteiger partial charge in [0.25, 0.3) is 5.91 Å². The highest BCUT2D eigenvalue weighted by Gasteiger charge is 2.35. The van der Waals surface area contributed by atoms with Crippen molar-refractivity contribution >= 4 is 29.2 Å². The lowest BCUT2D eigenvalue weighted by molar-refractivity contribution is -0.137. The van der Waals surface area contributed by atoms with E-state index in [0.29, 0.717) is 12.1 Å². The van der Waals surface area contributed by atoms with E-state index < -0.39 is 46.8 Å². The second-order valence-electron chi connectivity index (χ2n) is 7.21. The summed E-state index contributed by atoms with van der Waals surface area (Å²) in [5.41, 5.74) is -1.92. The number of rotatable bonds is 3. The summed E-state index contributed by atoms with van der Waals surface area (Å²) in [6.07, 6.45) is -4.90. The molecule has 2 heterocycles. The first kappa shape index (κ1) is 23.2. The van der Waals surface area contributed by atoms with E-state index in [0.717, 1.165) is 16.7 Å². The molecule has 1 aliphatic rings. The molecule has 0 radical (unpaired) electrons. The Labute approximate surface area is 192 Å². The van der Waals surface area contributed by atoms with E-state index in [9.17, 15) is 36.8 Å². The molecule has 13 heteroatoms. The number of imidazole rings is 1. The zero-order valence-electron chi connectivity index (χ0n) is 16.7. The lowest BCUT2D eigenvalue weighted by Crippen LogP contribution is -2.39. The summed E-state index contributed by atoms with van der Waals surface area (Å²) in [6, 6.07) is 5.24. The highest BCUT2D eigenvalue weighted by molar-refractivity contribution is 6.31. The summed E-state index contributed by atoms with van der Waals surface area (Å²) in [4.78, 5) is 28.9. The van der Waals surface area contributed by atoms with Crippen LogP contribution in [0.2, 0.25) is 5.02 Å². The average Bonchev–Trinajstić information content (AvgIpc) is 3.11. The van der Waals surface area contributed by atoms with Crippen LogP contribution in [0.15, 0.2) is 36.4 Å². The number of nitrogens with zero attached hydrogens (tertiary/aromatic N) is 3. The third-order valence-electron chi connectivity index (χ3n) is 4.98. The molecule has 4 rings (SSSR count). The number of aromatic nitrogens is 2. The summed E-state index contributed by atoms with van der Waals surface area (Å²) < 4.78 is 67.9. The molecule has 1 aromatic heterocycles. The molecule has 3 aromatic rings. The van der Waals surface area contributed by atoms with Gasteiger partial charge >= 0.3 is 6.18 Å². The van der Waals surface area contributed by atoms with E-state index in [1.807, 2.05) is 0 Å². The standard InChI is InChI=1S/C21H11ClF5N5O2/c22-14-2-1-11(23)6-13(14)17-18-19(29-15(7-28)32(18)8-16(33)30-17)31-20(34)9-3-10(21(25,26)27)5-12(24)4-9/h1-6,17H,8H2,(H,30,33)(H,31,34)/t17-/m0/s1. The number of amides is 2. The maximum atomic E-state index is 13.9. The number of nitrogens with one attached hydrogen (secondary N) is 2. The van der Waals surface area contributed by atoms with E-state index in [-0.39, 0.29) is 40.5 Å². The van der Waals surface area contributed by atoms with E-state index >= 15 is 0 Å². The lowest BCUT2D eigenvalue weighted by Gasteiger charge is -2.27. The van der Waals surface area contributed by atoms with Gasteiger partial charge in [-0.15, -0.1) is 0 Å². The van der Waals surface area contributed by atoms with Gasteiger partial charge in [-0.25, -0.2) is 13.8 Å². The maximum Gasteiger partial charge on any atom is 0.416 e. The zero-order valence-corrected chi connectivity index (χ0v) is 17.4. The van der Waals surface area contributed by atoms with Crippen molar-refractivity contribution in [3.05, 3.63) is 81.3 Å². The summed E-state index contributed by atoms with van der Waals surface area (Å²) in [5, 5.41) is 14.3. The molecule has 2 aromatic carbocycles. The Morgan fingerprint density at radius 1 is 1.21 bits per heavy atom. The number of benzene rings is 2. The quantitative estimate of drug-likeness (QED) is 0.533. The van der Waals surface area contributed by atoms with Gasteiger partial charge in [-0.2, -0.15) is 18.4 Å². The van der Waals surface area contributed by atoms with Crippen molar-refractivity contribution in [1.29, 1.82) is 5.26 Å². The molecule has 0 bridgehead atoms. The zero-order chi connectivity index (χ0) is 24.8. The number of hydrogen-bond acceptors (Lipinski definition) is 4. The Kier molecular flexibility index (Phi) is 5.74. The molecule has 1 atom stereocenters. The molecular weight excluding hydrogens is 485 g/mol. The van der Waals surface area contributed by atoms with Crippen LogP contribution in [-0.2, 0) is 17.5 Å². The van der Waals surface area contributed by atoms with E-state index in [1.54, 1.807) is 6.07 Å². The number of alkyl halides is 3. The fourth-order valence-corrected chi connectivity index (χ4v) is 3.77. The van der Waals surface area contributed by atoms with Gasteiger partial charge in [0.15, 0.2) is 5.82 Å². The maximum absolute atomic E-state index is 13.9. The number of anilines is 1. The fourth-order valence-electron chi connectivity index (χ4n) is 3.54. The Hall–Kier alpha value is -3.98. The van der Waals surface area contributed by atoms with Crippen molar-refractivity contribution in [2.45, 2.75) is 18.8 Å². The van der Waals surface area contributed by atoms with Crippen LogP contribution in [0.4, 0.5) is 27.8 Å². The Morgan fingerprint density at radius 3 is 2.62 bits per heavy atom. The highest BCUT2D eigenvalue weighted by Crippen LogP contribution is 2.36. The summed E-state index contributed by atoms with van der Waals surface area (Å²) in [6.45, 7) is -0.372. The van der Waals surface area contributed by atoms with Crippen molar-refractivity contribution in [3.63, 3.8) is 0 Å². The minimum Gasteiger partial charge on any atom is -0.342 e. The second-order valence-corrected chi connectivity index (χ2v) is 7.62. The SMILES string of the molecule is N#Cc1nc(NC(=O)c2cc(F)cc(C(F)(F)F)c2)c2n1CC(=O)N[C@H]2c1cc(F)ccc1Cl. The van der Waals surface area contributed by atoms with E-state index in [1.165, 1.54) is 6.07 Å². The predicted molar refractivity (Wildman–Crippen MR) is 108 cm³/mol. The minimum absolute atomic E-state index is 0.0319. The summed E-state index contributed by atoms with van der Waals surface area (Å²) in [5.74, 6) is -4.30. The van der Waals surface area contributed by atoms with Crippen molar-refractivity contribution in [3.8, 4) is 6.07 Å². The van der Waals surface area contributed by atoms with Crippen LogP contribution >= 0.6 is 11.6 Å². The van der Waals surface area contributed by atoms with Crippen LogP contribution in [0.1, 0.15) is 39.0 Å². The highest BCUT2D eigenvalue weighted by atomic mass is 35.5. The van der Waals surface area contributed by atoms with Crippen LogP contribution in [0.3, 0.4) is 0 Å². The summed E-state index contributed by atoms with van der Waals surface area (Å²) >= 11 is 6.17. The largest absolute Gasteiger partial charge is 0.416 e. The van der Waals surface area contributed by atoms with Crippen LogP contribution in [0.25, 0.3) is 0 Å². The smallest absolute Gasteiger partial charge is 0.342 e. The molecule has 2 amide bonds. The van der Waals surface area contributed by atoms with Crippen molar-refractivity contribution < 1.29 is 31.5 Å².